The van der Waals surface area contributed by atoms with E-state index in [1.54, 1.807) is 12.4 Å². The maximum absolute atomic E-state index is 13.0. The Hall–Kier alpha value is -2.01. The molecule has 0 aromatic carbocycles. The Bertz CT molecular complexity index is 545. The first-order valence-electron chi connectivity index (χ1n) is 6.60. The van der Waals surface area contributed by atoms with E-state index in [4.69, 9.17) is 10.5 Å². The first kappa shape index (κ1) is 14.4. The van der Waals surface area contributed by atoms with Crippen molar-refractivity contribution in [1.29, 1.82) is 0 Å². The number of nitrogens with two attached hydrogens (primary N) is 1. The van der Waals surface area contributed by atoms with E-state index in [0.29, 0.717) is 11.3 Å². The Morgan fingerprint density at radius 1 is 1.30 bits per heavy atom. The van der Waals surface area contributed by atoms with E-state index in [-0.39, 0.29) is 18.5 Å². The van der Waals surface area contributed by atoms with Gasteiger partial charge in [0.25, 0.3) is 0 Å². The van der Waals surface area contributed by atoms with E-state index in [1.807, 2.05) is 12.1 Å². The van der Waals surface area contributed by atoms with Crippen LogP contribution in [0.5, 0.6) is 5.75 Å². The van der Waals surface area contributed by atoms with Crippen LogP contribution in [0.4, 0.5) is 4.39 Å². The molecule has 0 saturated heterocycles. The topological polar surface area (TPSA) is 61.0 Å². The maximum atomic E-state index is 13.0. The molecule has 0 fully saturated rings. The molecule has 20 heavy (non-hydrogen) atoms. The number of nitrogens with zero attached hydrogens (tertiary/aromatic N) is 2. The molecule has 2 aromatic heterocycles. The summed E-state index contributed by atoms with van der Waals surface area (Å²) >= 11 is 0. The molecule has 1 unspecified atom stereocenters. The first-order valence-corrected chi connectivity index (χ1v) is 6.60. The average molecular weight is 275 g/mol. The number of hydrogen-bond donors (Lipinski definition) is 1. The molecular weight excluding hydrogens is 257 g/mol. The van der Waals surface area contributed by atoms with Crippen molar-refractivity contribution >= 4 is 0 Å². The Morgan fingerprint density at radius 3 is 2.80 bits per heavy atom. The van der Waals surface area contributed by atoms with Crippen molar-refractivity contribution in [2.75, 3.05) is 0 Å². The van der Waals surface area contributed by atoms with Crippen LogP contribution in [0.25, 0.3) is 0 Å². The number of rotatable bonds is 6. The highest BCUT2D eigenvalue weighted by Gasteiger charge is 2.03. The zero-order valence-electron chi connectivity index (χ0n) is 11.4. The van der Waals surface area contributed by atoms with E-state index >= 15 is 0 Å². The van der Waals surface area contributed by atoms with Gasteiger partial charge in [-0.15, -0.1) is 0 Å². The third-order valence-electron chi connectivity index (χ3n) is 2.96. The van der Waals surface area contributed by atoms with Crippen LogP contribution in [0.15, 0.2) is 36.8 Å². The molecule has 2 heterocycles. The van der Waals surface area contributed by atoms with Crippen molar-refractivity contribution in [1.82, 2.24) is 9.97 Å². The molecule has 0 aliphatic carbocycles. The third-order valence-corrected chi connectivity index (χ3v) is 2.96. The fraction of sp³-hybridized carbons (Fsp3) is 0.333. The summed E-state index contributed by atoms with van der Waals surface area (Å²) in [5.74, 6) is 0.274. The van der Waals surface area contributed by atoms with Gasteiger partial charge in [-0.3, -0.25) is 9.97 Å². The second-order valence-electron chi connectivity index (χ2n) is 4.66. The van der Waals surface area contributed by atoms with E-state index in [9.17, 15) is 4.39 Å². The number of pyridine rings is 2. The molecule has 2 aromatic rings. The second kappa shape index (κ2) is 6.96. The van der Waals surface area contributed by atoms with Gasteiger partial charge in [0.05, 0.1) is 12.4 Å². The molecule has 106 valence electrons. The van der Waals surface area contributed by atoms with E-state index in [2.05, 4.69) is 16.9 Å². The predicted molar refractivity (Wildman–Crippen MR) is 74.7 cm³/mol. The molecule has 4 nitrogen and oxygen atoms in total. The summed E-state index contributed by atoms with van der Waals surface area (Å²) in [6.45, 7) is 2.31. The summed E-state index contributed by atoms with van der Waals surface area (Å²) in [5, 5.41) is 0. The summed E-state index contributed by atoms with van der Waals surface area (Å²) in [7, 11) is 0. The van der Waals surface area contributed by atoms with Gasteiger partial charge in [-0.25, -0.2) is 4.39 Å². The summed E-state index contributed by atoms with van der Waals surface area (Å²) < 4.78 is 18.5. The lowest BCUT2D eigenvalue weighted by atomic mass is 10.1. The van der Waals surface area contributed by atoms with Gasteiger partial charge in [0.1, 0.15) is 18.2 Å². The minimum absolute atomic E-state index is 0.132. The normalized spacial score (nSPS) is 12.2. The van der Waals surface area contributed by atoms with Crippen LogP contribution in [0.3, 0.4) is 0 Å². The number of aromatic nitrogens is 2. The van der Waals surface area contributed by atoms with Crippen molar-refractivity contribution in [2.24, 2.45) is 5.73 Å². The molecule has 0 aliphatic rings. The molecular formula is C15H18FN3O. The van der Waals surface area contributed by atoms with Gasteiger partial charge >= 0.3 is 0 Å². The summed E-state index contributed by atoms with van der Waals surface area (Å²) in [4.78, 5) is 8.07. The molecule has 0 bridgehead atoms. The number of halogens is 1. The Labute approximate surface area is 117 Å². The molecule has 1 atom stereocenters. The minimum Gasteiger partial charge on any atom is -0.487 e. The fourth-order valence-corrected chi connectivity index (χ4v) is 1.73. The van der Waals surface area contributed by atoms with Crippen molar-refractivity contribution in [3.05, 3.63) is 53.9 Å². The Balaban J connectivity index is 1.90. The van der Waals surface area contributed by atoms with Gasteiger partial charge < -0.3 is 10.5 Å². The quantitative estimate of drug-likeness (QED) is 0.879. The number of ether oxygens (including phenoxy) is 1. The second-order valence-corrected chi connectivity index (χ2v) is 4.66. The number of hydrogen-bond acceptors (Lipinski definition) is 4. The maximum Gasteiger partial charge on any atom is 0.141 e. The zero-order chi connectivity index (χ0) is 14.4. The Morgan fingerprint density at radius 2 is 2.15 bits per heavy atom. The SMILES string of the molecule is CCC(N)Cc1ccc(OCc2cncc(F)c2)cn1. The van der Waals surface area contributed by atoms with E-state index < -0.39 is 0 Å². The van der Waals surface area contributed by atoms with Crippen molar-refractivity contribution in [3.8, 4) is 5.75 Å². The van der Waals surface area contributed by atoms with Crippen LogP contribution in [0.2, 0.25) is 0 Å². The van der Waals surface area contributed by atoms with E-state index in [1.165, 1.54) is 6.07 Å². The smallest absolute Gasteiger partial charge is 0.141 e. The molecule has 0 amide bonds. The highest BCUT2D eigenvalue weighted by Crippen LogP contribution is 2.13. The Kier molecular flexibility index (Phi) is 5.01. The lowest BCUT2D eigenvalue weighted by Gasteiger charge is -2.09. The largest absolute Gasteiger partial charge is 0.487 e. The van der Waals surface area contributed by atoms with E-state index in [0.717, 1.165) is 24.7 Å². The van der Waals surface area contributed by atoms with Gasteiger partial charge in [-0.05, 0) is 24.6 Å². The highest BCUT2D eigenvalue weighted by atomic mass is 19.1. The van der Waals surface area contributed by atoms with Gasteiger partial charge in [-0.1, -0.05) is 6.92 Å². The third kappa shape index (κ3) is 4.28. The highest BCUT2D eigenvalue weighted by molar-refractivity contribution is 5.21. The van der Waals surface area contributed by atoms with Gasteiger partial charge in [0, 0.05) is 29.9 Å². The van der Waals surface area contributed by atoms with Crippen LogP contribution in [-0.2, 0) is 13.0 Å². The zero-order valence-corrected chi connectivity index (χ0v) is 11.4. The van der Waals surface area contributed by atoms with Crippen LogP contribution in [0.1, 0.15) is 24.6 Å². The molecule has 0 spiro atoms. The summed E-state index contributed by atoms with van der Waals surface area (Å²) in [5.41, 5.74) is 7.50. The monoisotopic (exact) mass is 275 g/mol. The first-order chi connectivity index (χ1) is 9.67. The van der Waals surface area contributed by atoms with Crippen molar-refractivity contribution in [3.63, 3.8) is 0 Å². The summed E-state index contributed by atoms with van der Waals surface area (Å²) in [6.07, 6.45) is 6.07. The molecule has 2 rings (SSSR count). The molecule has 2 N–H and O–H groups in total. The standard InChI is InChI=1S/C15H18FN3O/c1-2-13(17)6-14-3-4-15(9-19-14)20-10-11-5-12(16)8-18-7-11/h3-5,7-9,13H,2,6,10,17H2,1H3. The molecule has 5 heteroatoms. The molecule has 0 aliphatic heterocycles. The summed E-state index contributed by atoms with van der Waals surface area (Å²) in [6, 6.07) is 5.27. The van der Waals surface area contributed by atoms with Gasteiger partial charge in [0.2, 0.25) is 0 Å². The molecule has 0 radical (unpaired) electrons. The lowest BCUT2D eigenvalue weighted by Crippen LogP contribution is -2.21. The van der Waals surface area contributed by atoms with Crippen LogP contribution in [-0.4, -0.2) is 16.0 Å². The predicted octanol–water partition coefficient (Wildman–Crippen LogP) is 2.47. The molecule has 0 saturated carbocycles. The van der Waals surface area contributed by atoms with Gasteiger partial charge in [0.15, 0.2) is 0 Å². The van der Waals surface area contributed by atoms with Crippen LogP contribution in [0, 0.1) is 5.82 Å². The van der Waals surface area contributed by atoms with Crippen LogP contribution >= 0.6 is 0 Å². The van der Waals surface area contributed by atoms with Crippen molar-refractivity contribution < 1.29 is 9.13 Å². The minimum atomic E-state index is -0.367. The average Bonchev–Trinajstić information content (AvgIpc) is 2.46. The lowest BCUT2D eigenvalue weighted by molar-refractivity contribution is 0.303. The van der Waals surface area contributed by atoms with Crippen LogP contribution < -0.4 is 10.5 Å². The fourth-order valence-electron chi connectivity index (χ4n) is 1.73. The van der Waals surface area contributed by atoms with Gasteiger partial charge in [-0.2, -0.15) is 0 Å². The van der Waals surface area contributed by atoms with Crippen molar-refractivity contribution in [2.45, 2.75) is 32.4 Å².